The van der Waals surface area contributed by atoms with Crippen LogP contribution in [0.1, 0.15) is 61.6 Å². The fourth-order valence-corrected chi connectivity index (χ4v) is 3.81. The Bertz CT molecular complexity index is 839. The van der Waals surface area contributed by atoms with Crippen LogP contribution in [0, 0.1) is 48.5 Å². The molecule has 0 saturated heterocycles. The molecular weight excluding hydrogens is 312 g/mol. The lowest BCUT2D eigenvalue weighted by Gasteiger charge is -2.23. The Morgan fingerprint density at radius 3 is 1.15 bits per heavy atom. The molecule has 0 fully saturated rings. The zero-order valence-corrected chi connectivity index (χ0v) is 17.2. The second kappa shape index (κ2) is 7.11. The van der Waals surface area contributed by atoms with Crippen LogP contribution in [-0.2, 0) is 0 Å². The van der Waals surface area contributed by atoms with Crippen molar-refractivity contribution in [2.45, 2.75) is 54.4 Å². The molecule has 0 N–H and O–H groups in total. The summed E-state index contributed by atoms with van der Waals surface area (Å²) >= 11 is 0. The topological polar surface area (TPSA) is 0 Å². The van der Waals surface area contributed by atoms with Crippen LogP contribution in [0.5, 0.6) is 0 Å². The Morgan fingerprint density at radius 2 is 0.808 bits per heavy atom. The third kappa shape index (κ3) is 3.46. The first-order valence-corrected chi connectivity index (χ1v) is 9.50. The molecule has 0 radical (unpaired) electrons. The van der Waals surface area contributed by atoms with E-state index in [-0.39, 0.29) is 5.92 Å². The minimum atomic E-state index is 0.270. The summed E-state index contributed by atoms with van der Waals surface area (Å²) in [6, 6.07) is 18.5. The summed E-state index contributed by atoms with van der Waals surface area (Å²) in [5.74, 6) is 0.270. The average molecular weight is 343 g/mol. The second-order valence-electron chi connectivity index (χ2n) is 7.90. The largest absolute Gasteiger partial charge is 0.0590 e. The van der Waals surface area contributed by atoms with Crippen LogP contribution in [0.4, 0.5) is 0 Å². The van der Waals surface area contributed by atoms with Crippen molar-refractivity contribution < 1.29 is 0 Å². The summed E-state index contributed by atoms with van der Waals surface area (Å²) in [5.41, 5.74) is 13.7. The van der Waals surface area contributed by atoms with Crippen LogP contribution < -0.4 is 0 Å². The highest BCUT2D eigenvalue weighted by Gasteiger charge is 2.19. The summed E-state index contributed by atoms with van der Waals surface area (Å²) in [6.07, 6.45) is 0. The highest BCUT2D eigenvalue weighted by molar-refractivity contribution is 5.50. The van der Waals surface area contributed by atoms with E-state index in [4.69, 9.17) is 0 Å². The van der Waals surface area contributed by atoms with E-state index in [2.05, 4.69) is 97.0 Å². The van der Waals surface area contributed by atoms with Gasteiger partial charge in [-0.2, -0.15) is 0 Å². The monoisotopic (exact) mass is 342 g/mol. The standard InChI is InChI=1S/C26H30/c1-16-8-10-23(11-9-16)26(24-12-17(2)21(6)18(3)13-24)25-14-19(4)22(7)20(5)15-25/h8-15,26H,1-7H3. The molecule has 0 aromatic heterocycles. The summed E-state index contributed by atoms with van der Waals surface area (Å²) in [7, 11) is 0. The Hall–Kier alpha value is -2.34. The van der Waals surface area contributed by atoms with E-state index in [1.165, 1.54) is 55.6 Å². The first-order chi connectivity index (χ1) is 12.3. The predicted octanol–water partition coefficient (Wildman–Crippen LogP) is 7.03. The molecule has 3 rings (SSSR count). The van der Waals surface area contributed by atoms with Crippen molar-refractivity contribution in [1.82, 2.24) is 0 Å². The van der Waals surface area contributed by atoms with Gasteiger partial charge in [0.25, 0.3) is 0 Å². The molecule has 0 spiro atoms. The molecule has 0 amide bonds. The fourth-order valence-electron chi connectivity index (χ4n) is 3.81. The minimum absolute atomic E-state index is 0.270. The van der Waals surface area contributed by atoms with E-state index >= 15 is 0 Å². The molecule has 0 bridgehead atoms. The third-order valence-electron chi connectivity index (χ3n) is 5.98. The van der Waals surface area contributed by atoms with Crippen LogP contribution >= 0.6 is 0 Å². The molecule has 0 heterocycles. The number of hydrogen-bond acceptors (Lipinski definition) is 0. The van der Waals surface area contributed by atoms with E-state index in [0.717, 1.165) is 0 Å². The molecule has 0 saturated carbocycles. The summed E-state index contributed by atoms with van der Waals surface area (Å²) < 4.78 is 0. The first-order valence-electron chi connectivity index (χ1n) is 9.50. The summed E-state index contributed by atoms with van der Waals surface area (Å²) in [4.78, 5) is 0. The van der Waals surface area contributed by atoms with Crippen molar-refractivity contribution >= 4 is 0 Å². The van der Waals surface area contributed by atoms with Gasteiger partial charge in [0.15, 0.2) is 0 Å². The average Bonchev–Trinajstić information content (AvgIpc) is 2.59. The van der Waals surface area contributed by atoms with Crippen LogP contribution in [-0.4, -0.2) is 0 Å². The second-order valence-corrected chi connectivity index (χ2v) is 7.90. The van der Waals surface area contributed by atoms with Crippen LogP contribution in [0.2, 0.25) is 0 Å². The lowest BCUT2D eigenvalue weighted by Crippen LogP contribution is -2.07. The fraction of sp³-hybridized carbons (Fsp3) is 0.308. The van der Waals surface area contributed by atoms with Crippen LogP contribution in [0.25, 0.3) is 0 Å². The summed E-state index contributed by atoms with van der Waals surface area (Å²) in [5, 5.41) is 0. The minimum Gasteiger partial charge on any atom is -0.0590 e. The zero-order valence-electron chi connectivity index (χ0n) is 17.2. The van der Waals surface area contributed by atoms with Crippen molar-refractivity contribution in [2.75, 3.05) is 0 Å². The zero-order chi connectivity index (χ0) is 19.0. The molecule has 3 aromatic carbocycles. The lowest BCUT2D eigenvalue weighted by atomic mass is 9.81. The molecule has 26 heavy (non-hydrogen) atoms. The normalized spacial score (nSPS) is 11.2. The summed E-state index contributed by atoms with van der Waals surface area (Å²) in [6.45, 7) is 15.5. The van der Waals surface area contributed by atoms with E-state index in [0.29, 0.717) is 0 Å². The molecule has 0 heteroatoms. The Labute approximate surface area is 158 Å². The Morgan fingerprint density at radius 1 is 0.462 bits per heavy atom. The van der Waals surface area contributed by atoms with Crippen molar-refractivity contribution in [3.8, 4) is 0 Å². The van der Waals surface area contributed by atoms with E-state index in [9.17, 15) is 0 Å². The lowest BCUT2D eigenvalue weighted by molar-refractivity contribution is 0.957. The van der Waals surface area contributed by atoms with Crippen molar-refractivity contribution in [1.29, 1.82) is 0 Å². The van der Waals surface area contributed by atoms with Gasteiger partial charge in [0.05, 0.1) is 0 Å². The Balaban J connectivity index is 2.25. The van der Waals surface area contributed by atoms with Crippen molar-refractivity contribution in [2.24, 2.45) is 0 Å². The van der Waals surface area contributed by atoms with Crippen molar-refractivity contribution in [3.63, 3.8) is 0 Å². The highest BCUT2D eigenvalue weighted by atomic mass is 14.2. The molecule has 0 aliphatic carbocycles. The maximum Gasteiger partial charge on any atom is 0.0340 e. The van der Waals surface area contributed by atoms with Gasteiger partial charge in [0.2, 0.25) is 0 Å². The van der Waals surface area contributed by atoms with Gasteiger partial charge in [-0.15, -0.1) is 0 Å². The first kappa shape index (κ1) is 18.5. The molecule has 134 valence electrons. The van der Waals surface area contributed by atoms with Gasteiger partial charge in [0.1, 0.15) is 0 Å². The number of benzene rings is 3. The quantitative estimate of drug-likeness (QED) is 0.448. The van der Waals surface area contributed by atoms with E-state index in [1.807, 2.05) is 0 Å². The molecule has 0 unspecified atom stereocenters. The molecular formula is C26H30. The smallest absolute Gasteiger partial charge is 0.0340 e. The third-order valence-corrected chi connectivity index (χ3v) is 5.98. The van der Waals surface area contributed by atoms with Crippen LogP contribution in [0.3, 0.4) is 0 Å². The highest BCUT2D eigenvalue weighted by Crippen LogP contribution is 2.35. The molecule has 0 atom stereocenters. The van der Waals surface area contributed by atoms with Gasteiger partial charge in [-0.1, -0.05) is 54.1 Å². The molecule has 0 aliphatic rings. The SMILES string of the molecule is Cc1ccc(C(c2cc(C)c(C)c(C)c2)c2cc(C)c(C)c(C)c2)cc1. The number of rotatable bonds is 3. The molecule has 0 nitrogen and oxygen atoms in total. The van der Waals surface area contributed by atoms with Gasteiger partial charge in [-0.05, 0) is 98.5 Å². The predicted molar refractivity (Wildman–Crippen MR) is 113 cm³/mol. The van der Waals surface area contributed by atoms with E-state index in [1.54, 1.807) is 0 Å². The Kier molecular flexibility index (Phi) is 5.05. The van der Waals surface area contributed by atoms with Gasteiger partial charge in [-0.3, -0.25) is 0 Å². The van der Waals surface area contributed by atoms with Crippen molar-refractivity contribution in [3.05, 3.63) is 104 Å². The van der Waals surface area contributed by atoms with Gasteiger partial charge >= 0.3 is 0 Å². The van der Waals surface area contributed by atoms with E-state index < -0.39 is 0 Å². The van der Waals surface area contributed by atoms with Crippen LogP contribution in [0.15, 0.2) is 48.5 Å². The van der Waals surface area contributed by atoms with Gasteiger partial charge in [0, 0.05) is 5.92 Å². The maximum atomic E-state index is 2.37. The maximum absolute atomic E-state index is 2.37. The number of hydrogen-bond donors (Lipinski definition) is 0. The van der Waals surface area contributed by atoms with Gasteiger partial charge in [-0.25, -0.2) is 0 Å². The van der Waals surface area contributed by atoms with Gasteiger partial charge < -0.3 is 0 Å². The molecule has 3 aromatic rings. The molecule has 0 aliphatic heterocycles. The number of aryl methyl sites for hydroxylation is 5.